The van der Waals surface area contributed by atoms with Crippen molar-refractivity contribution in [2.75, 3.05) is 6.61 Å². The number of para-hydroxylation sites is 1. The third-order valence-electron chi connectivity index (χ3n) is 4.85. The standard InChI is InChI=1S/C23H15Cl3FNO2/c24-18-2-1-3-19(25)23(18)28-21-11-13(8-9-29)10-17(16(21)6-7-22(28)30)15-5-4-14(27)12-20(15)26/h1-7,10-12,29H,8-9H2. The Bertz CT molecular complexity index is 1310. The number of aliphatic hydroxyl groups excluding tert-OH is 1. The van der Waals surface area contributed by atoms with Gasteiger partial charge in [-0.1, -0.05) is 46.9 Å². The molecule has 1 heterocycles. The van der Waals surface area contributed by atoms with E-state index in [9.17, 15) is 14.3 Å². The summed E-state index contributed by atoms with van der Waals surface area (Å²) in [6.07, 6.45) is 0.362. The van der Waals surface area contributed by atoms with E-state index in [-0.39, 0.29) is 17.2 Å². The van der Waals surface area contributed by atoms with Crippen molar-refractivity contribution in [3.8, 4) is 16.8 Å². The Morgan fingerprint density at radius 3 is 2.27 bits per heavy atom. The van der Waals surface area contributed by atoms with Gasteiger partial charge in [-0.2, -0.15) is 0 Å². The highest BCUT2D eigenvalue weighted by atomic mass is 35.5. The Hall–Kier alpha value is -2.37. The first-order valence-electron chi connectivity index (χ1n) is 9.10. The first-order valence-corrected chi connectivity index (χ1v) is 10.2. The van der Waals surface area contributed by atoms with Gasteiger partial charge in [-0.05, 0) is 60.0 Å². The lowest BCUT2D eigenvalue weighted by Crippen LogP contribution is -2.18. The van der Waals surface area contributed by atoms with E-state index < -0.39 is 5.82 Å². The predicted molar refractivity (Wildman–Crippen MR) is 121 cm³/mol. The molecule has 0 aliphatic heterocycles. The highest BCUT2D eigenvalue weighted by molar-refractivity contribution is 6.38. The summed E-state index contributed by atoms with van der Waals surface area (Å²) in [7, 11) is 0. The molecule has 0 bridgehead atoms. The molecular weight excluding hydrogens is 448 g/mol. The molecule has 0 atom stereocenters. The lowest BCUT2D eigenvalue weighted by molar-refractivity contribution is 0.299. The fourth-order valence-corrected chi connectivity index (χ4v) is 4.38. The van der Waals surface area contributed by atoms with Crippen molar-refractivity contribution in [3.05, 3.63) is 97.5 Å². The number of aliphatic hydroxyl groups is 1. The third-order valence-corrected chi connectivity index (χ3v) is 5.78. The number of halogens is 4. The zero-order chi connectivity index (χ0) is 21.4. The second-order valence-corrected chi connectivity index (χ2v) is 7.97. The van der Waals surface area contributed by atoms with Crippen LogP contribution >= 0.6 is 34.8 Å². The molecule has 3 aromatic carbocycles. The molecule has 1 N–H and O–H groups in total. The molecule has 3 nitrogen and oxygen atoms in total. The number of hydrogen-bond donors (Lipinski definition) is 1. The Morgan fingerprint density at radius 1 is 0.867 bits per heavy atom. The summed E-state index contributed by atoms with van der Waals surface area (Å²) < 4.78 is 15.1. The number of fused-ring (bicyclic) bond motifs is 1. The summed E-state index contributed by atoms with van der Waals surface area (Å²) in [6.45, 7) is -0.0774. The Kier molecular flexibility index (Phi) is 5.85. The maximum Gasteiger partial charge on any atom is 0.255 e. The molecular formula is C23H15Cl3FNO2. The SMILES string of the molecule is O=c1ccc2c(-c3ccc(F)cc3Cl)cc(CCO)cc2n1-c1c(Cl)cccc1Cl. The number of pyridine rings is 1. The van der Waals surface area contributed by atoms with Crippen LogP contribution in [0.4, 0.5) is 4.39 Å². The first kappa shape index (κ1) is 20.9. The fourth-order valence-electron chi connectivity index (χ4n) is 3.54. The highest BCUT2D eigenvalue weighted by Gasteiger charge is 2.17. The zero-order valence-corrected chi connectivity index (χ0v) is 17.8. The van der Waals surface area contributed by atoms with Gasteiger partial charge in [0.25, 0.3) is 5.56 Å². The maximum absolute atomic E-state index is 13.6. The molecule has 30 heavy (non-hydrogen) atoms. The second kappa shape index (κ2) is 8.40. The van der Waals surface area contributed by atoms with Crippen LogP contribution in [-0.4, -0.2) is 16.3 Å². The molecule has 4 aromatic rings. The number of benzene rings is 3. The van der Waals surface area contributed by atoms with Gasteiger partial charge in [0.15, 0.2) is 0 Å². The normalized spacial score (nSPS) is 11.2. The molecule has 0 fully saturated rings. The van der Waals surface area contributed by atoms with Crippen LogP contribution in [0.5, 0.6) is 0 Å². The van der Waals surface area contributed by atoms with Crippen LogP contribution in [-0.2, 0) is 6.42 Å². The molecule has 7 heteroatoms. The average Bonchev–Trinajstić information content (AvgIpc) is 2.69. The molecule has 0 aliphatic rings. The minimum Gasteiger partial charge on any atom is -0.396 e. The molecule has 0 saturated carbocycles. The topological polar surface area (TPSA) is 42.2 Å². The van der Waals surface area contributed by atoms with Crippen molar-refractivity contribution < 1.29 is 9.50 Å². The van der Waals surface area contributed by atoms with E-state index in [0.717, 1.165) is 5.56 Å². The van der Waals surface area contributed by atoms with E-state index in [1.807, 2.05) is 12.1 Å². The fraction of sp³-hybridized carbons (Fsp3) is 0.0870. The van der Waals surface area contributed by atoms with E-state index in [1.165, 1.54) is 22.8 Å². The molecule has 0 aliphatic carbocycles. The molecule has 0 saturated heterocycles. The van der Waals surface area contributed by atoms with Gasteiger partial charge < -0.3 is 5.11 Å². The van der Waals surface area contributed by atoms with Crippen LogP contribution in [0.2, 0.25) is 15.1 Å². The van der Waals surface area contributed by atoms with Crippen LogP contribution in [0.1, 0.15) is 5.56 Å². The summed E-state index contributed by atoms with van der Waals surface area (Å²) >= 11 is 19.1. The summed E-state index contributed by atoms with van der Waals surface area (Å²) in [4.78, 5) is 12.9. The van der Waals surface area contributed by atoms with Gasteiger partial charge in [-0.25, -0.2) is 4.39 Å². The molecule has 4 rings (SSSR count). The zero-order valence-electron chi connectivity index (χ0n) is 15.5. The van der Waals surface area contributed by atoms with Gasteiger partial charge in [-0.3, -0.25) is 9.36 Å². The van der Waals surface area contributed by atoms with Crippen molar-refractivity contribution in [3.63, 3.8) is 0 Å². The summed E-state index contributed by atoms with van der Waals surface area (Å²) in [5.74, 6) is -0.445. The van der Waals surface area contributed by atoms with Crippen LogP contribution in [0.25, 0.3) is 27.7 Å². The monoisotopic (exact) mass is 461 g/mol. The average molecular weight is 463 g/mol. The minimum atomic E-state index is -0.445. The summed E-state index contributed by atoms with van der Waals surface area (Å²) in [6, 6.07) is 16.0. The summed E-state index contributed by atoms with van der Waals surface area (Å²) in [5, 5.41) is 11.1. The van der Waals surface area contributed by atoms with E-state index >= 15 is 0 Å². The van der Waals surface area contributed by atoms with Gasteiger partial charge in [0, 0.05) is 23.6 Å². The number of aromatic nitrogens is 1. The van der Waals surface area contributed by atoms with Gasteiger partial charge >= 0.3 is 0 Å². The Labute approximate surface area is 186 Å². The second-order valence-electron chi connectivity index (χ2n) is 6.75. The van der Waals surface area contributed by atoms with E-state index in [1.54, 1.807) is 30.3 Å². The quantitative estimate of drug-likeness (QED) is 0.387. The van der Waals surface area contributed by atoms with E-state index in [0.29, 0.717) is 44.2 Å². The Balaban J connectivity index is 2.14. The molecule has 0 amide bonds. The molecule has 0 unspecified atom stereocenters. The van der Waals surface area contributed by atoms with E-state index in [4.69, 9.17) is 34.8 Å². The third kappa shape index (κ3) is 3.72. The molecule has 0 radical (unpaired) electrons. The van der Waals surface area contributed by atoms with Crippen LogP contribution in [0, 0.1) is 5.82 Å². The van der Waals surface area contributed by atoms with Crippen molar-refractivity contribution in [1.82, 2.24) is 4.57 Å². The predicted octanol–water partition coefficient (Wildman–Crippen LogP) is 6.29. The van der Waals surface area contributed by atoms with Crippen molar-refractivity contribution in [1.29, 1.82) is 0 Å². The largest absolute Gasteiger partial charge is 0.396 e. The number of nitrogens with zero attached hydrogens (tertiary/aromatic N) is 1. The first-order chi connectivity index (χ1) is 14.4. The van der Waals surface area contributed by atoms with Gasteiger partial charge in [0.1, 0.15) is 5.82 Å². The van der Waals surface area contributed by atoms with Crippen LogP contribution in [0.3, 0.4) is 0 Å². The van der Waals surface area contributed by atoms with Crippen molar-refractivity contribution in [2.24, 2.45) is 0 Å². The van der Waals surface area contributed by atoms with Crippen molar-refractivity contribution >= 4 is 45.7 Å². The number of rotatable bonds is 4. The van der Waals surface area contributed by atoms with Gasteiger partial charge in [0.2, 0.25) is 0 Å². The van der Waals surface area contributed by atoms with E-state index in [2.05, 4.69) is 0 Å². The molecule has 152 valence electrons. The maximum atomic E-state index is 13.6. The molecule has 0 spiro atoms. The van der Waals surface area contributed by atoms with Crippen LogP contribution < -0.4 is 5.56 Å². The van der Waals surface area contributed by atoms with Crippen molar-refractivity contribution in [2.45, 2.75) is 6.42 Å². The smallest absolute Gasteiger partial charge is 0.255 e. The lowest BCUT2D eigenvalue weighted by atomic mass is 9.96. The minimum absolute atomic E-state index is 0.0774. The Morgan fingerprint density at radius 2 is 1.60 bits per heavy atom. The van der Waals surface area contributed by atoms with Crippen LogP contribution in [0.15, 0.2) is 65.5 Å². The lowest BCUT2D eigenvalue weighted by Gasteiger charge is -2.17. The molecule has 1 aromatic heterocycles. The number of hydrogen-bond acceptors (Lipinski definition) is 2. The van der Waals surface area contributed by atoms with Gasteiger partial charge in [-0.15, -0.1) is 0 Å². The highest BCUT2D eigenvalue weighted by Crippen LogP contribution is 2.37. The summed E-state index contributed by atoms with van der Waals surface area (Å²) in [5.41, 5.74) is 2.71. The van der Waals surface area contributed by atoms with Gasteiger partial charge in [0.05, 0.1) is 26.3 Å².